The van der Waals surface area contributed by atoms with Crippen molar-refractivity contribution < 1.29 is 14.5 Å². The van der Waals surface area contributed by atoms with E-state index in [1.807, 2.05) is 22.6 Å². The van der Waals surface area contributed by atoms with Crippen LogP contribution in [-0.4, -0.2) is 22.7 Å². The number of ether oxygens (including phenoxy) is 1. The van der Waals surface area contributed by atoms with Gasteiger partial charge in [0.25, 0.3) is 5.69 Å². The van der Waals surface area contributed by atoms with Crippen LogP contribution in [0.15, 0.2) is 24.3 Å². The van der Waals surface area contributed by atoms with E-state index < -0.39 is 11.0 Å². The zero-order valence-electron chi connectivity index (χ0n) is 8.42. The zero-order chi connectivity index (χ0) is 12.1. The number of benzene rings is 1. The molecule has 0 aliphatic carbocycles. The van der Waals surface area contributed by atoms with Gasteiger partial charge in [-0.15, -0.1) is 0 Å². The van der Waals surface area contributed by atoms with Crippen molar-refractivity contribution in [2.45, 2.75) is 0 Å². The molecule has 0 radical (unpaired) electrons. The van der Waals surface area contributed by atoms with E-state index in [4.69, 9.17) is 4.74 Å². The second kappa shape index (κ2) is 5.64. The molecule has 0 fully saturated rings. The molecule has 86 valence electrons. The Balaban J connectivity index is 2.81. The molecule has 0 heterocycles. The van der Waals surface area contributed by atoms with Gasteiger partial charge in [-0.2, -0.15) is 0 Å². The molecule has 6 nitrogen and oxygen atoms in total. The van der Waals surface area contributed by atoms with Crippen molar-refractivity contribution >= 4 is 40.1 Å². The molecule has 0 aliphatic rings. The standard InChI is InChI=1S/C9H9IN2O4/c1-11(9(13)16-6-10)7-2-4-8(5-3-7)12(14)15/h2-5H,6H2,1H3. The molecular weight excluding hydrogens is 327 g/mol. The number of hydrogen-bond donors (Lipinski definition) is 0. The first-order chi connectivity index (χ1) is 7.56. The van der Waals surface area contributed by atoms with Gasteiger partial charge in [0.2, 0.25) is 0 Å². The Morgan fingerprint density at radius 1 is 1.50 bits per heavy atom. The number of nitro benzene ring substituents is 1. The molecular formula is C9H9IN2O4. The molecule has 16 heavy (non-hydrogen) atoms. The Bertz CT molecular complexity index is 393. The molecule has 1 aromatic carbocycles. The summed E-state index contributed by atoms with van der Waals surface area (Å²) in [5, 5.41) is 10.4. The van der Waals surface area contributed by atoms with Gasteiger partial charge in [-0.05, 0) is 34.7 Å². The Labute approximate surface area is 105 Å². The molecule has 0 atom stereocenters. The second-order valence-electron chi connectivity index (χ2n) is 2.85. The van der Waals surface area contributed by atoms with Crippen LogP contribution in [-0.2, 0) is 4.74 Å². The van der Waals surface area contributed by atoms with Crippen LogP contribution in [0.1, 0.15) is 0 Å². The highest BCUT2D eigenvalue weighted by molar-refractivity contribution is 14.1. The minimum absolute atomic E-state index is 0.0144. The van der Waals surface area contributed by atoms with Gasteiger partial charge in [0.15, 0.2) is 0 Å². The number of non-ortho nitro benzene ring substituents is 1. The summed E-state index contributed by atoms with van der Waals surface area (Å²) < 4.78 is 5.03. The monoisotopic (exact) mass is 336 g/mol. The first-order valence-electron chi connectivity index (χ1n) is 4.27. The number of hydrogen-bond acceptors (Lipinski definition) is 4. The molecule has 0 aromatic heterocycles. The van der Waals surface area contributed by atoms with Crippen molar-refractivity contribution in [3.8, 4) is 0 Å². The predicted octanol–water partition coefficient (Wildman–Crippen LogP) is 2.56. The van der Waals surface area contributed by atoms with Gasteiger partial charge in [0.05, 0.1) is 4.92 Å². The zero-order valence-corrected chi connectivity index (χ0v) is 10.6. The van der Waals surface area contributed by atoms with E-state index in [1.165, 1.54) is 36.2 Å². The van der Waals surface area contributed by atoms with Crippen LogP contribution in [0.4, 0.5) is 16.2 Å². The van der Waals surface area contributed by atoms with Gasteiger partial charge < -0.3 is 4.74 Å². The lowest BCUT2D eigenvalue weighted by molar-refractivity contribution is -0.384. The Kier molecular flexibility index (Phi) is 4.47. The average Bonchev–Trinajstić information content (AvgIpc) is 2.28. The largest absolute Gasteiger partial charge is 0.438 e. The maximum atomic E-state index is 11.3. The molecule has 0 N–H and O–H groups in total. The Hall–Kier alpha value is -1.38. The molecule has 0 bridgehead atoms. The van der Waals surface area contributed by atoms with E-state index in [1.54, 1.807) is 0 Å². The first kappa shape index (κ1) is 12.7. The summed E-state index contributed by atoms with van der Waals surface area (Å²) in [4.78, 5) is 22.5. The number of alkyl halides is 1. The summed E-state index contributed by atoms with van der Waals surface area (Å²) in [6.45, 7) is 0. The molecule has 7 heteroatoms. The van der Waals surface area contributed by atoms with E-state index in [-0.39, 0.29) is 10.3 Å². The van der Waals surface area contributed by atoms with Gasteiger partial charge in [-0.1, -0.05) is 0 Å². The third-order valence-corrected chi connectivity index (χ3v) is 2.21. The number of carbonyl (C=O) groups excluding carboxylic acids is 1. The Morgan fingerprint density at radius 2 is 2.06 bits per heavy atom. The summed E-state index contributed by atoms with van der Waals surface area (Å²) in [6, 6.07) is 5.66. The van der Waals surface area contributed by atoms with Crippen LogP contribution in [0, 0.1) is 10.1 Å². The minimum atomic E-state index is -0.497. The van der Waals surface area contributed by atoms with Crippen LogP contribution < -0.4 is 4.90 Å². The number of rotatable bonds is 3. The van der Waals surface area contributed by atoms with Crippen molar-refractivity contribution in [3.05, 3.63) is 34.4 Å². The van der Waals surface area contributed by atoms with Crippen molar-refractivity contribution in [2.75, 3.05) is 16.6 Å². The SMILES string of the molecule is CN(C(=O)OCI)c1ccc([N+](=O)[O-])cc1. The molecule has 1 rings (SSSR count). The van der Waals surface area contributed by atoms with Crippen molar-refractivity contribution in [1.29, 1.82) is 0 Å². The number of anilines is 1. The highest BCUT2D eigenvalue weighted by Gasteiger charge is 2.13. The van der Waals surface area contributed by atoms with Gasteiger partial charge in [0.1, 0.15) is 4.61 Å². The quantitative estimate of drug-likeness (QED) is 0.368. The average molecular weight is 336 g/mol. The number of nitro groups is 1. The van der Waals surface area contributed by atoms with Gasteiger partial charge in [0, 0.05) is 24.9 Å². The molecule has 0 aliphatic heterocycles. The van der Waals surface area contributed by atoms with Crippen molar-refractivity contribution in [2.24, 2.45) is 0 Å². The van der Waals surface area contributed by atoms with Gasteiger partial charge in [-0.25, -0.2) is 4.79 Å². The van der Waals surface area contributed by atoms with Crippen molar-refractivity contribution in [1.82, 2.24) is 0 Å². The lowest BCUT2D eigenvalue weighted by Gasteiger charge is -2.15. The molecule has 0 saturated carbocycles. The second-order valence-corrected chi connectivity index (χ2v) is 3.47. The van der Waals surface area contributed by atoms with Crippen LogP contribution in [0.3, 0.4) is 0 Å². The number of carbonyl (C=O) groups is 1. The van der Waals surface area contributed by atoms with Crippen LogP contribution in [0.5, 0.6) is 0 Å². The molecule has 0 saturated heterocycles. The Morgan fingerprint density at radius 3 is 2.50 bits per heavy atom. The smallest absolute Gasteiger partial charge is 0.414 e. The third-order valence-electron chi connectivity index (χ3n) is 1.90. The summed E-state index contributed by atoms with van der Waals surface area (Å²) in [6.07, 6.45) is -0.497. The van der Waals surface area contributed by atoms with E-state index >= 15 is 0 Å². The van der Waals surface area contributed by atoms with E-state index in [2.05, 4.69) is 0 Å². The topological polar surface area (TPSA) is 72.7 Å². The molecule has 1 aromatic rings. The van der Waals surface area contributed by atoms with Gasteiger partial charge in [-0.3, -0.25) is 15.0 Å². The maximum Gasteiger partial charge on any atom is 0.414 e. The van der Waals surface area contributed by atoms with Crippen LogP contribution in [0.2, 0.25) is 0 Å². The molecule has 1 amide bonds. The number of halogens is 1. The lowest BCUT2D eigenvalue weighted by atomic mass is 10.3. The molecule has 0 spiro atoms. The fraction of sp³-hybridized carbons (Fsp3) is 0.222. The molecule has 0 unspecified atom stereocenters. The normalized spacial score (nSPS) is 9.62. The fourth-order valence-electron chi connectivity index (χ4n) is 1.05. The highest BCUT2D eigenvalue weighted by atomic mass is 127. The summed E-state index contributed by atoms with van der Waals surface area (Å²) >= 11 is 1.91. The maximum absolute atomic E-state index is 11.3. The van der Waals surface area contributed by atoms with Crippen LogP contribution >= 0.6 is 22.6 Å². The van der Waals surface area contributed by atoms with E-state index in [9.17, 15) is 14.9 Å². The minimum Gasteiger partial charge on any atom is -0.438 e. The number of amides is 1. The lowest BCUT2D eigenvalue weighted by Crippen LogP contribution is -2.26. The van der Waals surface area contributed by atoms with Gasteiger partial charge >= 0.3 is 6.09 Å². The third kappa shape index (κ3) is 3.05. The first-order valence-corrected chi connectivity index (χ1v) is 5.79. The van der Waals surface area contributed by atoms with E-state index in [0.29, 0.717) is 5.69 Å². The summed E-state index contributed by atoms with van der Waals surface area (Å²) in [5.41, 5.74) is 0.528. The fourth-order valence-corrected chi connectivity index (χ4v) is 1.31. The van der Waals surface area contributed by atoms with Crippen LogP contribution in [0.25, 0.3) is 0 Å². The highest BCUT2D eigenvalue weighted by Crippen LogP contribution is 2.18. The summed E-state index contributed by atoms with van der Waals surface area (Å²) in [7, 11) is 1.54. The number of nitrogens with zero attached hydrogens (tertiary/aromatic N) is 2. The summed E-state index contributed by atoms with van der Waals surface area (Å²) in [5.74, 6) is 0. The van der Waals surface area contributed by atoms with E-state index in [0.717, 1.165) is 0 Å². The van der Waals surface area contributed by atoms with Crippen molar-refractivity contribution in [3.63, 3.8) is 0 Å². The predicted molar refractivity (Wildman–Crippen MR) is 66.9 cm³/mol.